The van der Waals surface area contributed by atoms with E-state index >= 15 is 0 Å². The summed E-state index contributed by atoms with van der Waals surface area (Å²) in [6.45, 7) is 11.8. The second kappa shape index (κ2) is 12.0. The molecule has 15 heteroatoms. The van der Waals surface area contributed by atoms with Crippen molar-refractivity contribution in [1.29, 1.82) is 0 Å². The van der Waals surface area contributed by atoms with Crippen molar-refractivity contribution in [2.75, 3.05) is 13.2 Å². The van der Waals surface area contributed by atoms with Gasteiger partial charge in [-0.1, -0.05) is 27.7 Å². The van der Waals surface area contributed by atoms with E-state index < -0.39 is 64.4 Å². The monoisotopic (exact) mass is 704 g/mol. The molecule has 0 aromatic carbocycles. The predicted octanol–water partition coefficient (Wildman–Crippen LogP) is 4.62. The summed E-state index contributed by atoms with van der Waals surface area (Å²) < 4.78 is 77.0. The maximum atomic E-state index is 12.0. The molecule has 2 spiro atoms. The summed E-state index contributed by atoms with van der Waals surface area (Å²) in [6.07, 6.45) is 2.88. The molecule has 4 bridgehead atoms. The highest BCUT2D eigenvalue weighted by atomic mass is 32.3. The molecule has 10 rings (SSSR count). The molecule has 2 saturated carbocycles. The first-order valence-corrected chi connectivity index (χ1v) is 19.3. The average Bonchev–Trinajstić information content (AvgIpc) is 3.40. The highest BCUT2D eigenvalue weighted by Crippen LogP contribution is 2.62. The number of rotatable bonds is 8. The fourth-order valence-electron chi connectivity index (χ4n) is 10.8. The number of hydrogen-bond donors (Lipinski definition) is 1. The fourth-order valence-corrected chi connectivity index (χ4v) is 11.3. The third-order valence-corrected chi connectivity index (χ3v) is 13.9. The van der Waals surface area contributed by atoms with Gasteiger partial charge in [-0.3, -0.25) is 4.55 Å². The summed E-state index contributed by atoms with van der Waals surface area (Å²) in [7, 11) is -4.84. The van der Waals surface area contributed by atoms with Gasteiger partial charge in [-0.05, 0) is 76.0 Å². The van der Waals surface area contributed by atoms with E-state index in [-0.39, 0.29) is 48.7 Å². The summed E-state index contributed by atoms with van der Waals surface area (Å²) in [5, 5.41) is 0. The molecule has 8 heterocycles. The molecule has 8 aliphatic heterocycles. The van der Waals surface area contributed by atoms with E-state index in [0.29, 0.717) is 24.7 Å². The summed E-state index contributed by atoms with van der Waals surface area (Å²) in [4.78, 5) is 24.2. The fraction of sp³-hybridized carbons (Fsp3) is 1.00. The Morgan fingerprint density at radius 1 is 0.667 bits per heavy atom. The van der Waals surface area contributed by atoms with Gasteiger partial charge in [-0.15, -0.1) is 0 Å². The van der Waals surface area contributed by atoms with Gasteiger partial charge in [0.1, 0.15) is 6.10 Å². The quantitative estimate of drug-likeness (QED) is 0.276. The standard InChI is InChI=1S/C33H52O14S/c1-17-7-9-24-19(3)26(39-28-32(24)22(17)11-13-30(5,41-28)44-46-32)37-15-21(43-48(34,35)36)16-38-27-20(4)25-10-8-18(2)23-12-14-31(6)42-29(40-27)33(23,25)47-45-31/h17-29H,7-16H2,1-6H3,(H,34,35,36)/t17-,18-,19-,20-,21?,22+,23+,24+,25+,26+,27+,28-,29?,30-,31+,32-,33-/m1/s1. The van der Waals surface area contributed by atoms with E-state index in [4.69, 9.17) is 52.2 Å². The molecule has 2 aliphatic carbocycles. The van der Waals surface area contributed by atoms with Crippen LogP contribution in [0, 0.1) is 47.3 Å². The van der Waals surface area contributed by atoms with Crippen LogP contribution in [0.25, 0.3) is 0 Å². The Balaban J connectivity index is 0.972. The Morgan fingerprint density at radius 2 is 1.10 bits per heavy atom. The van der Waals surface area contributed by atoms with Gasteiger partial charge in [0.05, 0.1) is 13.2 Å². The van der Waals surface area contributed by atoms with E-state index in [2.05, 4.69) is 13.8 Å². The van der Waals surface area contributed by atoms with Crippen molar-refractivity contribution in [3.8, 4) is 0 Å². The highest BCUT2D eigenvalue weighted by molar-refractivity contribution is 7.80. The van der Waals surface area contributed by atoms with Crippen LogP contribution in [0.15, 0.2) is 0 Å². The van der Waals surface area contributed by atoms with Crippen LogP contribution in [0.5, 0.6) is 0 Å². The maximum Gasteiger partial charge on any atom is 0.397 e. The molecule has 17 atom stereocenters. The van der Waals surface area contributed by atoms with Crippen molar-refractivity contribution in [2.24, 2.45) is 47.3 Å². The largest absolute Gasteiger partial charge is 0.397 e. The lowest BCUT2D eigenvalue weighted by molar-refractivity contribution is -0.578. The van der Waals surface area contributed by atoms with Gasteiger partial charge in [0.15, 0.2) is 36.4 Å². The van der Waals surface area contributed by atoms with Crippen molar-refractivity contribution < 1.29 is 65.1 Å². The van der Waals surface area contributed by atoms with Crippen LogP contribution in [-0.2, 0) is 62.6 Å². The van der Waals surface area contributed by atoms with Crippen LogP contribution in [-0.4, -0.2) is 80.2 Å². The zero-order valence-corrected chi connectivity index (χ0v) is 29.6. The Kier molecular flexibility index (Phi) is 8.64. The van der Waals surface area contributed by atoms with E-state index in [1.165, 1.54) is 0 Å². The van der Waals surface area contributed by atoms with Crippen LogP contribution in [0.1, 0.15) is 92.9 Å². The lowest BCUT2D eigenvalue weighted by Crippen LogP contribution is -2.70. The second-order valence-electron chi connectivity index (χ2n) is 16.4. The molecule has 10 aliphatic rings. The summed E-state index contributed by atoms with van der Waals surface area (Å²) in [5.74, 6) is -0.870. The molecule has 0 aromatic rings. The van der Waals surface area contributed by atoms with Gasteiger partial charge in [0.25, 0.3) is 0 Å². The van der Waals surface area contributed by atoms with Gasteiger partial charge in [-0.25, -0.2) is 23.7 Å². The first-order valence-electron chi connectivity index (χ1n) is 18.0. The van der Waals surface area contributed by atoms with Crippen LogP contribution in [0.4, 0.5) is 0 Å². The van der Waals surface area contributed by atoms with Crippen molar-refractivity contribution in [1.82, 2.24) is 0 Å². The first-order chi connectivity index (χ1) is 22.7. The molecule has 0 amide bonds. The molecule has 2 unspecified atom stereocenters. The van der Waals surface area contributed by atoms with Gasteiger partial charge in [0.2, 0.25) is 11.6 Å². The molecular formula is C33H52O14S. The molecule has 14 nitrogen and oxygen atoms in total. The van der Waals surface area contributed by atoms with Crippen LogP contribution in [0.3, 0.4) is 0 Å². The minimum atomic E-state index is -4.84. The smallest absolute Gasteiger partial charge is 0.349 e. The minimum Gasteiger partial charge on any atom is -0.349 e. The molecule has 8 saturated heterocycles. The lowest BCUT2D eigenvalue weighted by Gasteiger charge is -2.60. The minimum absolute atomic E-state index is 0.0242. The normalized spacial score (nSPS) is 54.9. The molecule has 0 radical (unpaired) electrons. The maximum absolute atomic E-state index is 12.0. The van der Waals surface area contributed by atoms with E-state index in [1.54, 1.807) is 0 Å². The topological polar surface area (TPSA) is 156 Å². The molecule has 10 fully saturated rings. The van der Waals surface area contributed by atoms with Crippen molar-refractivity contribution in [2.45, 2.75) is 147 Å². The summed E-state index contributed by atoms with van der Waals surface area (Å²) >= 11 is 0. The van der Waals surface area contributed by atoms with Crippen LogP contribution < -0.4 is 0 Å². The van der Waals surface area contributed by atoms with Crippen molar-refractivity contribution in [3.05, 3.63) is 0 Å². The Bertz CT molecular complexity index is 1250. The SMILES string of the molecule is C[C@H]1[C@@H](OCC(CO[C@H]2O[C@@H]3O[C@@]4(C)CC[C@H]5[C@H](C)CC[C@@H]([C@H]2C)[C@@]35OO4)OS(=O)(=O)O)OC2O[C@]3(C)CC[C@H]4[C@H](C)CC[C@@H]1[C@@]24OO3. The van der Waals surface area contributed by atoms with Gasteiger partial charge in [0, 0.05) is 36.5 Å². The van der Waals surface area contributed by atoms with E-state index in [0.717, 1.165) is 38.5 Å². The lowest BCUT2D eigenvalue weighted by atomic mass is 9.58. The Morgan fingerprint density at radius 3 is 1.52 bits per heavy atom. The van der Waals surface area contributed by atoms with E-state index in [9.17, 15) is 13.0 Å². The van der Waals surface area contributed by atoms with Crippen molar-refractivity contribution >= 4 is 10.4 Å². The second-order valence-corrected chi connectivity index (χ2v) is 17.4. The van der Waals surface area contributed by atoms with Crippen LogP contribution >= 0.6 is 0 Å². The highest BCUT2D eigenvalue weighted by Gasteiger charge is 2.71. The molecule has 48 heavy (non-hydrogen) atoms. The molecule has 274 valence electrons. The zero-order chi connectivity index (χ0) is 33.9. The molecule has 1 N–H and O–H groups in total. The first kappa shape index (κ1) is 34.6. The molecular weight excluding hydrogens is 652 g/mol. The van der Waals surface area contributed by atoms with Gasteiger partial charge >= 0.3 is 10.4 Å². The third kappa shape index (κ3) is 5.45. The van der Waals surface area contributed by atoms with E-state index in [1.807, 2.05) is 27.7 Å². The molecule has 0 aromatic heterocycles. The van der Waals surface area contributed by atoms with Crippen molar-refractivity contribution in [3.63, 3.8) is 0 Å². The number of fused-ring (bicyclic) bond motifs is 4. The third-order valence-electron chi connectivity index (χ3n) is 13.3. The summed E-state index contributed by atoms with van der Waals surface area (Å²) in [5.41, 5.74) is -1.51. The summed E-state index contributed by atoms with van der Waals surface area (Å²) in [6, 6.07) is 0. The average molecular weight is 705 g/mol. The predicted molar refractivity (Wildman–Crippen MR) is 162 cm³/mol. The Hall–Kier alpha value is -0.530. The number of hydrogen-bond acceptors (Lipinski definition) is 13. The zero-order valence-electron chi connectivity index (χ0n) is 28.7. The van der Waals surface area contributed by atoms with Crippen LogP contribution in [0.2, 0.25) is 0 Å². The van der Waals surface area contributed by atoms with Gasteiger partial charge in [-0.2, -0.15) is 8.42 Å². The Labute approximate surface area is 282 Å². The number of ether oxygens (including phenoxy) is 6. The van der Waals surface area contributed by atoms with Gasteiger partial charge < -0.3 is 28.4 Å².